The van der Waals surface area contributed by atoms with Gasteiger partial charge in [0.1, 0.15) is 5.75 Å². The number of nitrogens with zero attached hydrogens (tertiary/aromatic N) is 3. The first-order valence-corrected chi connectivity index (χ1v) is 7.91. The molecule has 1 aliphatic heterocycles. The van der Waals surface area contributed by atoms with Crippen LogP contribution in [0.25, 0.3) is 5.65 Å². The molecule has 7 heteroatoms. The van der Waals surface area contributed by atoms with E-state index in [1.807, 2.05) is 0 Å². The highest BCUT2D eigenvalue weighted by atomic mass is 32.2. The first kappa shape index (κ1) is 12.4. The monoisotopic (exact) mass is 281 g/mol. The van der Waals surface area contributed by atoms with E-state index in [1.54, 1.807) is 30.0 Å². The standard InChI is InChI=1S/C12H15N3O3S/c1-18-9-4-5-15-12(7-9)13-11(14-15)8-10-3-2-6-19(10,16)17/h4-5,7,10H,2-3,6,8H2,1H3. The maximum Gasteiger partial charge on any atom is 0.159 e. The first-order chi connectivity index (χ1) is 9.08. The third-order valence-corrected chi connectivity index (χ3v) is 5.74. The van der Waals surface area contributed by atoms with Gasteiger partial charge >= 0.3 is 0 Å². The minimum absolute atomic E-state index is 0.291. The zero-order valence-corrected chi connectivity index (χ0v) is 11.4. The average molecular weight is 281 g/mol. The van der Waals surface area contributed by atoms with Gasteiger partial charge in [-0.2, -0.15) is 5.10 Å². The Bertz CT molecular complexity index is 708. The van der Waals surface area contributed by atoms with Gasteiger partial charge < -0.3 is 4.74 Å². The van der Waals surface area contributed by atoms with Gasteiger partial charge in [0.15, 0.2) is 21.3 Å². The molecule has 0 spiro atoms. The van der Waals surface area contributed by atoms with E-state index in [2.05, 4.69) is 10.1 Å². The Labute approximate surface area is 111 Å². The van der Waals surface area contributed by atoms with Crippen LogP contribution in [-0.4, -0.2) is 41.1 Å². The van der Waals surface area contributed by atoms with E-state index >= 15 is 0 Å². The Balaban J connectivity index is 1.89. The maximum atomic E-state index is 11.8. The minimum Gasteiger partial charge on any atom is -0.497 e. The number of ether oxygens (including phenoxy) is 1. The zero-order chi connectivity index (χ0) is 13.5. The summed E-state index contributed by atoms with van der Waals surface area (Å²) in [5, 5.41) is 3.98. The molecule has 2 aromatic rings. The topological polar surface area (TPSA) is 73.6 Å². The molecule has 1 fully saturated rings. The summed E-state index contributed by atoms with van der Waals surface area (Å²) in [4.78, 5) is 4.36. The number of hydrogen-bond acceptors (Lipinski definition) is 5. The van der Waals surface area contributed by atoms with Gasteiger partial charge in [-0.25, -0.2) is 17.9 Å². The Hall–Kier alpha value is -1.63. The Morgan fingerprint density at radius 1 is 1.53 bits per heavy atom. The number of sulfone groups is 1. The predicted molar refractivity (Wildman–Crippen MR) is 70.1 cm³/mol. The average Bonchev–Trinajstić information content (AvgIpc) is 2.92. The highest BCUT2D eigenvalue weighted by molar-refractivity contribution is 7.92. The van der Waals surface area contributed by atoms with Crippen molar-refractivity contribution in [3.8, 4) is 5.75 Å². The van der Waals surface area contributed by atoms with E-state index in [0.29, 0.717) is 35.8 Å². The van der Waals surface area contributed by atoms with Crippen LogP contribution in [0.3, 0.4) is 0 Å². The zero-order valence-electron chi connectivity index (χ0n) is 10.6. The number of pyridine rings is 1. The van der Waals surface area contributed by atoms with Crippen LogP contribution in [0.4, 0.5) is 0 Å². The summed E-state index contributed by atoms with van der Waals surface area (Å²) < 4.78 is 30.4. The van der Waals surface area contributed by atoms with Crippen molar-refractivity contribution >= 4 is 15.5 Å². The van der Waals surface area contributed by atoms with Crippen molar-refractivity contribution in [3.63, 3.8) is 0 Å². The largest absolute Gasteiger partial charge is 0.497 e. The molecule has 102 valence electrons. The fourth-order valence-electron chi connectivity index (χ4n) is 2.41. The molecule has 0 aliphatic carbocycles. The fourth-order valence-corrected chi connectivity index (χ4v) is 4.24. The number of aromatic nitrogens is 3. The maximum absolute atomic E-state index is 11.8. The molecule has 0 saturated carbocycles. The smallest absolute Gasteiger partial charge is 0.159 e. The minimum atomic E-state index is -2.95. The van der Waals surface area contributed by atoms with E-state index in [-0.39, 0.29) is 5.25 Å². The lowest BCUT2D eigenvalue weighted by Gasteiger charge is -2.04. The van der Waals surface area contributed by atoms with Crippen molar-refractivity contribution < 1.29 is 13.2 Å². The van der Waals surface area contributed by atoms with E-state index in [9.17, 15) is 8.42 Å². The lowest BCUT2D eigenvalue weighted by molar-refractivity contribution is 0.414. The van der Waals surface area contributed by atoms with Gasteiger partial charge in [-0.05, 0) is 18.9 Å². The molecular weight excluding hydrogens is 266 g/mol. The Morgan fingerprint density at radius 2 is 2.37 bits per heavy atom. The molecule has 3 heterocycles. The molecule has 1 saturated heterocycles. The van der Waals surface area contributed by atoms with Gasteiger partial charge in [0.2, 0.25) is 0 Å². The summed E-state index contributed by atoms with van der Waals surface area (Å²) >= 11 is 0. The quantitative estimate of drug-likeness (QED) is 0.834. The molecule has 1 atom stereocenters. The molecule has 0 N–H and O–H groups in total. The molecule has 3 rings (SSSR count). The third kappa shape index (κ3) is 2.30. The molecule has 0 aromatic carbocycles. The van der Waals surface area contributed by atoms with E-state index in [4.69, 9.17) is 4.74 Å². The fraction of sp³-hybridized carbons (Fsp3) is 0.500. The molecule has 19 heavy (non-hydrogen) atoms. The SMILES string of the molecule is COc1ccn2nc(CC3CCCS3(=O)=O)nc2c1. The molecule has 0 bridgehead atoms. The van der Waals surface area contributed by atoms with Gasteiger partial charge in [0.25, 0.3) is 0 Å². The summed E-state index contributed by atoms with van der Waals surface area (Å²) in [5.74, 6) is 1.57. The summed E-state index contributed by atoms with van der Waals surface area (Å²) in [6.07, 6.45) is 3.61. The molecule has 0 radical (unpaired) electrons. The molecule has 6 nitrogen and oxygen atoms in total. The van der Waals surface area contributed by atoms with Crippen LogP contribution in [0.15, 0.2) is 18.3 Å². The summed E-state index contributed by atoms with van der Waals surface area (Å²) in [6, 6.07) is 3.57. The van der Waals surface area contributed by atoms with Crippen molar-refractivity contribution in [2.75, 3.05) is 12.9 Å². The van der Waals surface area contributed by atoms with E-state index < -0.39 is 9.84 Å². The second kappa shape index (κ2) is 4.48. The van der Waals surface area contributed by atoms with Crippen molar-refractivity contribution in [2.24, 2.45) is 0 Å². The van der Waals surface area contributed by atoms with Gasteiger partial charge in [-0.3, -0.25) is 0 Å². The van der Waals surface area contributed by atoms with Crippen LogP contribution in [0, 0.1) is 0 Å². The molecule has 1 aliphatic rings. The van der Waals surface area contributed by atoms with E-state index in [1.165, 1.54) is 0 Å². The van der Waals surface area contributed by atoms with Crippen LogP contribution in [0.2, 0.25) is 0 Å². The summed E-state index contributed by atoms with van der Waals surface area (Å²) in [5.41, 5.74) is 0.671. The van der Waals surface area contributed by atoms with Gasteiger partial charge in [0.05, 0.1) is 18.1 Å². The van der Waals surface area contributed by atoms with E-state index in [0.717, 1.165) is 6.42 Å². The van der Waals surface area contributed by atoms with Crippen LogP contribution in [0.5, 0.6) is 5.75 Å². The van der Waals surface area contributed by atoms with Crippen LogP contribution < -0.4 is 4.74 Å². The Morgan fingerprint density at radius 3 is 3.05 bits per heavy atom. The summed E-state index contributed by atoms with van der Waals surface area (Å²) in [7, 11) is -1.36. The number of fused-ring (bicyclic) bond motifs is 1. The number of hydrogen-bond donors (Lipinski definition) is 0. The van der Waals surface area contributed by atoms with Gasteiger partial charge in [-0.15, -0.1) is 0 Å². The van der Waals surface area contributed by atoms with Gasteiger partial charge in [0, 0.05) is 18.7 Å². The molecular formula is C12H15N3O3S. The van der Waals surface area contributed by atoms with Crippen LogP contribution in [0.1, 0.15) is 18.7 Å². The lowest BCUT2D eigenvalue weighted by atomic mass is 10.2. The second-order valence-electron chi connectivity index (χ2n) is 4.73. The predicted octanol–water partition coefficient (Wildman–Crippen LogP) is 0.858. The van der Waals surface area contributed by atoms with Crippen LogP contribution >= 0.6 is 0 Å². The molecule has 2 aromatic heterocycles. The molecule has 0 amide bonds. The Kier molecular flexibility index (Phi) is 2.93. The van der Waals surface area contributed by atoms with Crippen molar-refractivity contribution in [1.82, 2.24) is 14.6 Å². The normalized spacial score (nSPS) is 21.8. The lowest BCUT2D eigenvalue weighted by Crippen LogP contribution is -2.19. The first-order valence-electron chi connectivity index (χ1n) is 6.19. The highest BCUT2D eigenvalue weighted by Gasteiger charge is 2.32. The number of rotatable bonds is 3. The summed E-state index contributed by atoms with van der Waals surface area (Å²) in [6.45, 7) is 0. The molecule has 1 unspecified atom stereocenters. The van der Waals surface area contributed by atoms with Gasteiger partial charge in [-0.1, -0.05) is 0 Å². The third-order valence-electron chi connectivity index (χ3n) is 3.46. The number of methoxy groups -OCH3 is 1. The highest BCUT2D eigenvalue weighted by Crippen LogP contribution is 2.23. The van der Waals surface area contributed by atoms with Crippen LogP contribution in [-0.2, 0) is 16.3 Å². The van der Waals surface area contributed by atoms with Crippen molar-refractivity contribution in [1.29, 1.82) is 0 Å². The van der Waals surface area contributed by atoms with Crippen molar-refractivity contribution in [2.45, 2.75) is 24.5 Å². The van der Waals surface area contributed by atoms with Crippen molar-refractivity contribution in [3.05, 3.63) is 24.2 Å². The second-order valence-corrected chi connectivity index (χ2v) is 7.13.